The lowest BCUT2D eigenvalue weighted by Crippen LogP contribution is -2.61. The molecule has 58 valence electrons. The van der Waals surface area contributed by atoms with Crippen molar-refractivity contribution in [2.75, 3.05) is 13.2 Å². The molecule has 4 heteroatoms. The van der Waals surface area contributed by atoms with Gasteiger partial charge >= 0.3 is 0 Å². The zero-order valence-electron chi connectivity index (χ0n) is 5.93. The Balaban J connectivity index is 2.03. The highest BCUT2D eigenvalue weighted by Crippen LogP contribution is 2.16. The van der Waals surface area contributed by atoms with Crippen molar-refractivity contribution in [3.63, 3.8) is 0 Å². The lowest BCUT2D eigenvalue weighted by Gasteiger charge is -2.32. The Kier molecular flexibility index (Phi) is 1.61. The fourth-order valence-corrected chi connectivity index (χ4v) is 1.77. The molecule has 0 saturated carbocycles. The summed E-state index contributed by atoms with van der Waals surface area (Å²) in [6.45, 7) is 1.92. The van der Waals surface area contributed by atoms with E-state index in [-0.39, 0.29) is 6.17 Å². The Bertz CT molecular complexity index is 127. The molecule has 0 amide bonds. The van der Waals surface area contributed by atoms with Crippen LogP contribution in [0.5, 0.6) is 0 Å². The third-order valence-electron chi connectivity index (χ3n) is 2.39. The molecule has 2 aliphatic rings. The van der Waals surface area contributed by atoms with E-state index in [9.17, 15) is 0 Å². The third-order valence-corrected chi connectivity index (χ3v) is 2.39. The first-order valence-electron chi connectivity index (χ1n) is 3.83. The molecular formula is C6H14N4. The summed E-state index contributed by atoms with van der Waals surface area (Å²) >= 11 is 0. The van der Waals surface area contributed by atoms with Crippen molar-refractivity contribution in [3.8, 4) is 0 Å². The minimum Gasteiger partial charge on any atom is -0.316 e. The largest absolute Gasteiger partial charge is 0.316 e. The van der Waals surface area contributed by atoms with E-state index < -0.39 is 0 Å². The monoisotopic (exact) mass is 142 g/mol. The molecule has 0 aromatic heterocycles. The topological polar surface area (TPSA) is 62.1 Å². The fourth-order valence-electron chi connectivity index (χ4n) is 1.77. The molecule has 3 unspecified atom stereocenters. The normalized spacial score (nSPS) is 47.1. The van der Waals surface area contributed by atoms with Gasteiger partial charge in [-0.15, -0.1) is 0 Å². The van der Waals surface area contributed by atoms with E-state index in [4.69, 9.17) is 5.73 Å². The van der Waals surface area contributed by atoms with Gasteiger partial charge < -0.3 is 11.1 Å². The number of fused-ring (bicyclic) bond motifs is 1. The van der Waals surface area contributed by atoms with Gasteiger partial charge in [0.15, 0.2) is 0 Å². The maximum absolute atomic E-state index is 5.83. The van der Waals surface area contributed by atoms with Crippen LogP contribution in [0.15, 0.2) is 0 Å². The Morgan fingerprint density at radius 1 is 1.20 bits per heavy atom. The smallest absolute Gasteiger partial charge is 0.0639 e. The van der Waals surface area contributed by atoms with Crippen LogP contribution in [0.2, 0.25) is 0 Å². The van der Waals surface area contributed by atoms with Gasteiger partial charge in [-0.05, 0) is 13.0 Å². The molecule has 0 bridgehead atoms. The molecule has 2 rings (SSSR count). The van der Waals surface area contributed by atoms with Crippen LogP contribution in [0.1, 0.15) is 6.42 Å². The summed E-state index contributed by atoms with van der Waals surface area (Å²) in [4.78, 5) is 0. The number of nitrogens with one attached hydrogen (secondary N) is 3. The van der Waals surface area contributed by atoms with E-state index in [1.165, 1.54) is 6.42 Å². The van der Waals surface area contributed by atoms with Crippen molar-refractivity contribution in [2.24, 2.45) is 11.7 Å². The van der Waals surface area contributed by atoms with Crippen LogP contribution in [0.3, 0.4) is 0 Å². The molecule has 4 nitrogen and oxygen atoms in total. The van der Waals surface area contributed by atoms with Crippen LogP contribution < -0.4 is 21.7 Å². The zero-order valence-corrected chi connectivity index (χ0v) is 5.93. The molecule has 5 N–H and O–H groups in total. The molecule has 10 heavy (non-hydrogen) atoms. The van der Waals surface area contributed by atoms with Gasteiger partial charge in [-0.25, -0.2) is 0 Å². The van der Waals surface area contributed by atoms with Gasteiger partial charge in [0.1, 0.15) is 0 Å². The maximum atomic E-state index is 5.83. The van der Waals surface area contributed by atoms with E-state index >= 15 is 0 Å². The summed E-state index contributed by atoms with van der Waals surface area (Å²) in [5.41, 5.74) is 5.83. The van der Waals surface area contributed by atoms with Crippen molar-refractivity contribution >= 4 is 0 Å². The van der Waals surface area contributed by atoms with Crippen molar-refractivity contribution < 1.29 is 0 Å². The Morgan fingerprint density at radius 3 is 2.90 bits per heavy atom. The highest BCUT2D eigenvalue weighted by Gasteiger charge is 2.33. The average molecular weight is 142 g/mol. The van der Waals surface area contributed by atoms with E-state index in [0.717, 1.165) is 13.2 Å². The van der Waals surface area contributed by atoms with Gasteiger partial charge in [-0.2, -0.15) is 0 Å². The molecule has 2 saturated heterocycles. The lowest BCUT2D eigenvalue weighted by molar-refractivity contribution is 0.229. The van der Waals surface area contributed by atoms with Crippen molar-refractivity contribution in [1.82, 2.24) is 16.0 Å². The Morgan fingerprint density at radius 2 is 2.10 bits per heavy atom. The molecule has 3 atom stereocenters. The predicted molar refractivity (Wildman–Crippen MR) is 39.0 cm³/mol. The van der Waals surface area contributed by atoms with Crippen LogP contribution in [-0.4, -0.2) is 25.5 Å². The quantitative estimate of drug-likeness (QED) is 0.327. The summed E-state index contributed by atoms with van der Waals surface area (Å²) in [6, 6.07) is 0. The first-order valence-corrected chi connectivity index (χ1v) is 3.83. The second kappa shape index (κ2) is 2.47. The van der Waals surface area contributed by atoms with Crippen LogP contribution in [0.25, 0.3) is 0 Å². The lowest BCUT2D eigenvalue weighted by atomic mass is 10.0. The second-order valence-electron chi connectivity index (χ2n) is 3.00. The molecule has 2 fully saturated rings. The van der Waals surface area contributed by atoms with Gasteiger partial charge in [0, 0.05) is 12.6 Å². The molecule has 0 spiro atoms. The highest BCUT2D eigenvalue weighted by molar-refractivity contribution is 4.90. The molecule has 0 aromatic rings. The minimum absolute atomic E-state index is 0.182. The summed E-state index contributed by atoms with van der Waals surface area (Å²) in [5, 5.41) is 9.85. The van der Waals surface area contributed by atoms with Crippen LogP contribution in [0, 0.1) is 5.92 Å². The van der Waals surface area contributed by atoms with E-state index in [0.29, 0.717) is 12.1 Å². The fraction of sp³-hybridized carbons (Fsp3) is 1.00. The molecule has 2 aliphatic heterocycles. The first kappa shape index (κ1) is 6.54. The number of nitrogens with two attached hydrogens (primary N) is 1. The standard InChI is InChI=1S/C6H14N4/c7-5-4-1-2-8-6(4)10-3-9-5/h4-6,8-10H,1-3,7H2. The van der Waals surface area contributed by atoms with Gasteiger partial charge in [0.05, 0.1) is 12.3 Å². The number of hydrogen-bond donors (Lipinski definition) is 4. The van der Waals surface area contributed by atoms with Gasteiger partial charge in [-0.1, -0.05) is 0 Å². The average Bonchev–Trinajstić information content (AvgIpc) is 2.36. The van der Waals surface area contributed by atoms with E-state index in [1.807, 2.05) is 0 Å². The summed E-state index contributed by atoms with van der Waals surface area (Å²) < 4.78 is 0. The second-order valence-corrected chi connectivity index (χ2v) is 3.00. The minimum atomic E-state index is 0.182. The maximum Gasteiger partial charge on any atom is 0.0639 e. The summed E-state index contributed by atoms with van der Waals surface area (Å²) in [5.74, 6) is 0.578. The SMILES string of the molecule is NC1NCNC2NCCC12. The zero-order chi connectivity index (χ0) is 6.97. The van der Waals surface area contributed by atoms with Gasteiger partial charge in [0.25, 0.3) is 0 Å². The first-order chi connectivity index (χ1) is 4.88. The van der Waals surface area contributed by atoms with Crippen molar-refractivity contribution in [1.29, 1.82) is 0 Å². The highest BCUT2D eigenvalue weighted by atomic mass is 15.3. The van der Waals surface area contributed by atoms with Gasteiger partial charge in [-0.3, -0.25) is 10.6 Å². The molecule has 2 heterocycles. The molecule has 0 aliphatic carbocycles. The van der Waals surface area contributed by atoms with Crippen LogP contribution in [0.4, 0.5) is 0 Å². The Hall–Kier alpha value is -0.160. The summed E-state index contributed by atoms with van der Waals surface area (Å²) in [7, 11) is 0. The number of rotatable bonds is 0. The van der Waals surface area contributed by atoms with Crippen LogP contribution in [-0.2, 0) is 0 Å². The predicted octanol–water partition coefficient (Wildman–Crippen LogP) is -1.64. The number of hydrogen-bond acceptors (Lipinski definition) is 4. The molecular weight excluding hydrogens is 128 g/mol. The molecule has 0 aromatic carbocycles. The molecule has 0 radical (unpaired) electrons. The van der Waals surface area contributed by atoms with E-state index in [2.05, 4.69) is 16.0 Å². The third kappa shape index (κ3) is 0.932. The van der Waals surface area contributed by atoms with Crippen LogP contribution >= 0.6 is 0 Å². The van der Waals surface area contributed by atoms with Crippen molar-refractivity contribution in [3.05, 3.63) is 0 Å². The summed E-state index contributed by atoms with van der Waals surface area (Å²) in [6.07, 6.45) is 1.82. The van der Waals surface area contributed by atoms with Gasteiger partial charge in [0.2, 0.25) is 0 Å². The Labute approximate surface area is 60.5 Å². The van der Waals surface area contributed by atoms with E-state index in [1.54, 1.807) is 0 Å². The van der Waals surface area contributed by atoms with Crippen molar-refractivity contribution in [2.45, 2.75) is 18.8 Å².